The minimum atomic E-state index is -3.70. The van der Waals surface area contributed by atoms with Gasteiger partial charge in [-0.25, -0.2) is 8.42 Å². The van der Waals surface area contributed by atoms with E-state index in [2.05, 4.69) is 30.8 Å². The topological polar surface area (TPSA) is 145 Å². The van der Waals surface area contributed by atoms with Crippen molar-refractivity contribution in [2.45, 2.75) is 17.9 Å². The van der Waals surface area contributed by atoms with Crippen molar-refractivity contribution >= 4 is 27.7 Å². The van der Waals surface area contributed by atoms with Crippen LogP contribution in [0.5, 0.6) is 0 Å². The first-order chi connectivity index (χ1) is 14.8. The van der Waals surface area contributed by atoms with E-state index in [0.717, 1.165) is 5.56 Å². The summed E-state index contributed by atoms with van der Waals surface area (Å²) in [5, 5.41) is 6.71. The van der Waals surface area contributed by atoms with Crippen LogP contribution in [0.1, 0.15) is 23.0 Å². The zero-order chi connectivity index (χ0) is 22.0. The highest BCUT2D eigenvalue weighted by Crippen LogP contribution is 2.22. The average Bonchev–Trinajstić information content (AvgIpc) is 3.36. The van der Waals surface area contributed by atoms with Gasteiger partial charge in [0.05, 0.1) is 10.6 Å². The van der Waals surface area contributed by atoms with Gasteiger partial charge in [0.2, 0.25) is 0 Å². The van der Waals surface area contributed by atoms with Gasteiger partial charge in [0.15, 0.2) is 0 Å². The largest absolute Gasteiger partial charge is 0.287 e. The molecule has 2 heterocycles. The van der Waals surface area contributed by atoms with Crippen LogP contribution in [0.3, 0.4) is 0 Å². The minimum absolute atomic E-state index is 0.0747. The van der Waals surface area contributed by atoms with Crippen molar-refractivity contribution in [3.05, 3.63) is 71.9 Å². The molecular weight excluding hydrogens is 420 g/mol. The number of aromatic nitrogens is 2. The number of nitrogens with one attached hydrogen (secondary N) is 4. The Morgan fingerprint density at radius 3 is 2.52 bits per heavy atom. The van der Waals surface area contributed by atoms with Crippen molar-refractivity contribution < 1.29 is 18.0 Å². The Balaban J connectivity index is 1.40. The first-order valence-corrected chi connectivity index (χ1v) is 10.7. The molecule has 2 aromatic carbocycles. The Hall–Kier alpha value is -3.99. The third kappa shape index (κ3) is 4.16. The molecule has 1 aromatic heterocycles. The lowest BCUT2D eigenvalue weighted by atomic mass is 10.1. The molecule has 0 bridgehead atoms. The van der Waals surface area contributed by atoms with Crippen molar-refractivity contribution in [3.8, 4) is 11.3 Å². The van der Waals surface area contributed by atoms with Crippen molar-refractivity contribution in [2.75, 3.05) is 0 Å². The van der Waals surface area contributed by atoms with Gasteiger partial charge in [-0.3, -0.25) is 35.3 Å². The number of fused-ring (bicyclic) bond motifs is 1. The normalized spacial score (nSPS) is 16.2. The molecule has 0 unspecified atom stereocenters. The third-order valence-corrected chi connectivity index (χ3v) is 5.95. The molecule has 0 aliphatic carbocycles. The number of carbonyl (C=O) groups is 2. The van der Waals surface area contributed by atoms with Gasteiger partial charge in [0.1, 0.15) is 17.6 Å². The van der Waals surface area contributed by atoms with E-state index in [1.165, 1.54) is 13.0 Å². The Morgan fingerprint density at radius 2 is 1.74 bits per heavy atom. The number of hydrogen-bond acceptors (Lipinski definition) is 6. The molecule has 158 valence electrons. The summed E-state index contributed by atoms with van der Waals surface area (Å²) in [6.07, 6.45) is 0. The van der Waals surface area contributed by atoms with E-state index in [-0.39, 0.29) is 16.4 Å². The van der Waals surface area contributed by atoms with E-state index in [9.17, 15) is 18.0 Å². The summed E-state index contributed by atoms with van der Waals surface area (Å²) in [7, 11) is -3.70. The molecule has 31 heavy (non-hydrogen) atoms. The number of nitrogens with zero attached hydrogens (tertiary/aromatic N) is 2. The number of amidine groups is 1. The number of aromatic amines is 1. The van der Waals surface area contributed by atoms with E-state index in [1.54, 1.807) is 24.3 Å². The number of hydrogen-bond donors (Lipinski definition) is 4. The Bertz CT molecular complexity index is 1280. The molecule has 11 heteroatoms. The average molecular weight is 438 g/mol. The van der Waals surface area contributed by atoms with Crippen LogP contribution < -0.4 is 15.6 Å². The van der Waals surface area contributed by atoms with Crippen LogP contribution in [0.25, 0.3) is 11.3 Å². The van der Waals surface area contributed by atoms with E-state index in [4.69, 9.17) is 0 Å². The fourth-order valence-corrected chi connectivity index (χ4v) is 4.21. The van der Waals surface area contributed by atoms with Gasteiger partial charge in [-0.05, 0) is 25.1 Å². The third-order valence-electron chi connectivity index (χ3n) is 4.56. The Labute approximate surface area is 177 Å². The highest BCUT2D eigenvalue weighted by Gasteiger charge is 2.31. The summed E-state index contributed by atoms with van der Waals surface area (Å²) >= 11 is 0. The smallest absolute Gasteiger partial charge is 0.272 e. The number of amides is 2. The molecule has 1 aliphatic heterocycles. The second-order valence-corrected chi connectivity index (χ2v) is 8.38. The van der Waals surface area contributed by atoms with E-state index < -0.39 is 27.9 Å². The number of aliphatic imine (C=N–C) groups is 1. The maximum Gasteiger partial charge on any atom is 0.287 e. The number of sulfonamides is 1. The summed E-state index contributed by atoms with van der Waals surface area (Å²) in [5.41, 5.74) is 6.54. The second-order valence-electron chi connectivity index (χ2n) is 6.73. The van der Waals surface area contributed by atoms with Crippen LogP contribution in [0.15, 0.2) is 70.6 Å². The summed E-state index contributed by atoms with van der Waals surface area (Å²) in [5.74, 6) is -1.13. The van der Waals surface area contributed by atoms with Gasteiger partial charge in [-0.2, -0.15) is 5.10 Å². The molecule has 2 amide bonds. The number of carbonyl (C=O) groups excluding carboxylic acids is 2. The molecule has 3 aromatic rings. The van der Waals surface area contributed by atoms with E-state index >= 15 is 0 Å². The van der Waals surface area contributed by atoms with Crippen molar-refractivity contribution in [2.24, 2.45) is 4.99 Å². The predicted octanol–water partition coefficient (Wildman–Crippen LogP) is 0.965. The summed E-state index contributed by atoms with van der Waals surface area (Å²) < 4.78 is 26.6. The summed E-state index contributed by atoms with van der Waals surface area (Å²) in [6.45, 7) is 1.48. The molecule has 4 N–H and O–H groups in total. The van der Waals surface area contributed by atoms with Gasteiger partial charge in [-0.1, -0.05) is 42.5 Å². The lowest BCUT2D eigenvalue weighted by Crippen LogP contribution is -2.45. The fourth-order valence-electron chi connectivity index (χ4n) is 2.97. The molecular formula is C20H18N6O4S. The molecule has 0 spiro atoms. The van der Waals surface area contributed by atoms with Crippen LogP contribution in [-0.4, -0.2) is 42.3 Å². The molecule has 1 aliphatic rings. The van der Waals surface area contributed by atoms with Crippen LogP contribution >= 0.6 is 0 Å². The van der Waals surface area contributed by atoms with Gasteiger partial charge in [0.25, 0.3) is 21.8 Å². The minimum Gasteiger partial charge on any atom is -0.272 e. The Kier molecular flexibility index (Phi) is 5.26. The van der Waals surface area contributed by atoms with Crippen molar-refractivity contribution in [1.82, 2.24) is 25.8 Å². The number of benzene rings is 2. The summed E-state index contributed by atoms with van der Waals surface area (Å²) in [4.78, 5) is 28.9. The lowest BCUT2D eigenvalue weighted by molar-refractivity contribution is -0.122. The molecule has 0 radical (unpaired) electrons. The van der Waals surface area contributed by atoms with Gasteiger partial charge < -0.3 is 0 Å². The second kappa shape index (κ2) is 8.03. The van der Waals surface area contributed by atoms with Crippen LogP contribution in [-0.2, 0) is 14.8 Å². The van der Waals surface area contributed by atoms with Gasteiger partial charge in [-0.15, -0.1) is 0 Å². The van der Waals surface area contributed by atoms with Crippen LogP contribution in [0.2, 0.25) is 0 Å². The summed E-state index contributed by atoms with van der Waals surface area (Å²) in [6, 6.07) is 16.2. The fraction of sp³-hybridized carbons (Fsp3) is 0.100. The maximum atomic E-state index is 12.3. The molecule has 10 nitrogen and oxygen atoms in total. The number of hydrazine groups is 1. The zero-order valence-corrected chi connectivity index (χ0v) is 17.1. The van der Waals surface area contributed by atoms with Crippen molar-refractivity contribution in [1.29, 1.82) is 0 Å². The lowest BCUT2D eigenvalue weighted by Gasteiger charge is -2.10. The molecule has 1 atom stereocenters. The molecule has 0 saturated heterocycles. The monoisotopic (exact) mass is 438 g/mol. The standard InChI is InChI=1S/C20H18N6O4S/c1-12(21-18-14-9-5-6-10-17(14)31(29,30)26-18)19(27)24-25-20(28)16-11-15(22-23-16)13-7-3-2-4-8-13/h2-12H,1H3,(H,21,26)(H,22,23)(H,24,27)(H,25,28)/t12-/m1/s1. The van der Waals surface area contributed by atoms with E-state index in [1.807, 2.05) is 30.3 Å². The molecule has 0 saturated carbocycles. The number of H-pyrrole nitrogens is 1. The van der Waals surface area contributed by atoms with Crippen LogP contribution in [0.4, 0.5) is 0 Å². The molecule has 0 fully saturated rings. The number of rotatable bonds is 4. The van der Waals surface area contributed by atoms with Crippen molar-refractivity contribution in [3.63, 3.8) is 0 Å². The van der Waals surface area contributed by atoms with Crippen LogP contribution in [0, 0.1) is 0 Å². The highest BCUT2D eigenvalue weighted by molar-refractivity contribution is 7.90. The molecule has 4 rings (SSSR count). The quantitative estimate of drug-likeness (QED) is 0.448. The first kappa shape index (κ1) is 20.3. The highest BCUT2D eigenvalue weighted by atomic mass is 32.2. The predicted molar refractivity (Wildman–Crippen MR) is 112 cm³/mol. The maximum absolute atomic E-state index is 12.3. The van der Waals surface area contributed by atoms with Gasteiger partial charge in [0, 0.05) is 11.1 Å². The van der Waals surface area contributed by atoms with Gasteiger partial charge >= 0.3 is 0 Å². The first-order valence-electron chi connectivity index (χ1n) is 9.26. The Morgan fingerprint density at radius 1 is 1.03 bits per heavy atom. The SMILES string of the molecule is C[C@@H](N=C1NS(=O)(=O)c2ccccc21)C(=O)NNC(=O)c1cc(-c2ccccc2)n[nH]1. The zero-order valence-electron chi connectivity index (χ0n) is 16.3. The van der Waals surface area contributed by atoms with E-state index in [0.29, 0.717) is 11.3 Å².